The van der Waals surface area contributed by atoms with Gasteiger partial charge in [0.2, 0.25) is 5.91 Å². The number of benzene rings is 1. The van der Waals surface area contributed by atoms with Crippen molar-refractivity contribution >= 4 is 23.2 Å². The summed E-state index contributed by atoms with van der Waals surface area (Å²) in [5.74, 6) is -0.963. The number of nitrogens with two attached hydrogens (primary N) is 1. The zero-order valence-electron chi connectivity index (χ0n) is 9.79. The minimum absolute atomic E-state index is 0.0437. The van der Waals surface area contributed by atoms with Gasteiger partial charge >= 0.3 is 6.18 Å². The molecule has 1 amide bonds. The zero-order valence-corrected chi connectivity index (χ0v) is 10.5. The highest BCUT2D eigenvalue weighted by molar-refractivity contribution is 6.31. The molecule has 0 aromatic heterocycles. The van der Waals surface area contributed by atoms with Gasteiger partial charge in [-0.1, -0.05) is 11.6 Å². The Morgan fingerprint density at radius 3 is 2.68 bits per heavy atom. The van der Waals surface area contributed by atoms with E-state index < -0.39 is 29.4 Å². The molecule has 0 unspecified atom stereocenters. The van der Waals surface area contributed by atoms with Gasteiger partial charge < -0.3 is 15.4 Å². The largest absolute Gasteiger partial charge is 0.489 e. The third kappa shape index (κ3) is 2.48. The lowest BCUT2D eigenvalue weighted by Gasteiger charge is -2.20. The number of carbonyl (C=O) groups excluding carboxylic acids is 1. The molecular formula is C11H10ClF3N2O2. The van der Waals surface area contributed by atoms with Gasteiger partial charge in [-0.15, -0.1) is 0 Å². The standard InChI is InChI=1S/C11H10ClF3N2O2/c1-17-8-3-5(12)2-6(11(13,14)15)9(8)19-4-7(16)10(17)18/h2-3,7H,4,16H2,1H3/t7-/m0/s1. The molecule has 0 spiro atoms. The van der Waals surface area contributed by atoms with Crippen LogP contribution in [0.3, 0.4) is 0 Å². The molecule has 104 valence electrons. The van der Waals surface area contributed by atoms with Crippen LogP contribution in [0.1, 0.15) is 5.56 Å². The molecule has 1 aliphatic rings. The van der Waals surface area contributed by atoms with Gasteiger partial charge in [0.25, 0.3) is 0 Å². The molecule has 1 atom stereocenters. The van der Waals surface area contributed by atoms with Crippen LogP contribution < -0.4 is 15.4 Å². The van der Waals surface area contributed by atoms with Gasteiger partial charge in [0.05, 0.1) is 5.69 Å². The highest BCUT2D eigenvalue weighted by Crippen LogP contribution is 2.44. The molecule has 0 aliphatic carbocycles. The molecule has 1 aliphatic heterocycles. The van der Waals surface area contributed by atoms with Crippen molar-refractivity contribution in [2.45, 2.75) is 12.2 Å². The monoisotopic (exact) mass is 294 g/mol. The molecule has 0 saturated carbocycles. The molecule has 2 rings (SSSR count). The van der Waals surface area contributed by atoms with Crippen molar-refractivity contribution in [3.05, 3.63) is 22.7 Å². The van der Waals surface area contributed by atoms with Crippen molar-refractivity contribution in [3.63, 3.8) is 0 Å². The van der Waals surface area contributed by atoms with Crippen LogP contribution in [-0.2, 0) is 11.0 Å². The second kappa shape index (κ2) is 4.57. The number of carbonyl (C=O) groups is 1. The van der Waals surface area contributed by atoms with Crippen molar-refractivity contribution in [3.8, 4) is 5.75 Å². The van der Waals surface area contributed by atoms with Crippen LogP contribution in [0.25, 0.3) is 0 Å². The quantitative estimate of drug-likeness (QED) is 0.797. The molecule has 2 N–H and O–H groups in total. The molecule has 19 heavy (non-hydrogen) atoms. The average Bonchev–Trinajstić information content (AvgIpc) is 2.41. The fourth-order valence-electron chi connectivity index (χ4n) is 1.80. The first-order chi connectivity index (χ1) is 8.71. The number of ether oxygens (including phenoxy) is 1. The Labute approximate surface area is 111 Å². The average molecular weight is 295 g/mol. The van der Waals surface area contributed by atoms with Crippen molar-refractivity contribution in [2.75, 3.05) is 18.6 Å². The summed E-state index contributed by atoms with van der Waals surface area (Å²) >= 11 is 5.67. The number of nitrogens with zero attached hydrogens (tertiary/aromatic N) is 1. The van der Waals surface area contributed by atoms with Crippen molar-refractivity contribution in [2.24, 2.45) is 5.73 Å². The summed E-state index contributed by atoms with van der Waals surface area (Å²) in [6.45, 7) is -0.319. The van der Waals surface area contributed by atoms with E-state index in [4.69, 9.17) is 22.1 Å². The van der Waals surface area contributed by atoms with Gasteiger partial charge in [0.1, 0.15) is 18.2 Å². The maximum Gasteiger partial charge on any atom is 0.420 e. The molecule has 1 aromatic carbocycles. The van der Waals surface area contributed by atoms with E-state index in [0.717, 1.165) is 11.0 Å². The molecular weight excluding hydrogens is 285 g/mol. The lowest BCUT2D eigenvalue weighted by molar-refractivity contribution is -0.138. The second-order valence-corrected chi connectivity index (χ2v) is 4.55. The topological polar surface area (TPSA) is 55.6 Å². The van der Waals surface area contributed by atoms with E-state index in [1.54, 1.807) is 0 Å². The molecule has 0 radical (unpaired) electrons. The maximum atomic E-state index is 12.9. The Morgan fingerprint density at radius 2 is 2.11 bits per heavy atom. The predicted octanol–water partition coefficient (Wildman–Crippen LogP) is 2.04. The summed E-state index contributed by atoms with van der Waals surface area (Å²) in [4.78, 5) is 12.8. The predicted molar refractivity (Wildman–Crippen MR) is 63.3 cm³/mol. The van der Waals surface area contributed by atoms with Crippen molar-refractivity contribution in [1.82, 2.24) is 0 Å². The summed E-state index contributed by atoms with van der Waals surface area (Å²) in [5.41, 5.74) is 4.45. The lowest BCUT2D eigenvalue weighted by atomic mass is 10.1. The summed E-state index contributed by atoms with van der Waals surface area (Å²) in [6, 6.07) is 0.981. The molecule has 0 fully saturated rings. The number of halogens is 4. The molecule has 4 nitrogen and oxygen atoms in total. The number of likely N-dealkylation sites (N-methyl/N-ethyl adjacent to an activating group) is 1. The van der Waals surface area contributed by atoms with Crippen LogP contribution in [0.5, 0.6) is 5.75 Å². The summed E-state index contributed by atoms with van der Waals surface area (Å²) < 4.78 is 43.9. The second-order valence-electron chi connectivity index (χ2n) is 4.11. The zero-order chi connectivity index (χ0) is 14.4. The third-order valence-electron chi connectivity index (χ3n) is 2.76. The fourth-order valence-corrected chi connectivity index (χ4v) is 2.01. The number of anilines is 1. The minimum Gasteiger partial charge on any atom is -0.489 e. The van der Waals surface area contributed by atoms with E-state index >= 15 is 0 Å². The molecule has 0 saturated heterocycles. The van der Waals surface area contributed by atoms with Crippen LogP contribution in [0.15, 0.2) is 12.1 Å². The van der Waals surface area contributed by atoms with Gasteiger partial charge in [0, 0.05) is 12.1 Å². The smallest absolute Gasteiger partial charge is 0.420 e. The van der Waals surface area contributed by atoms with Crippen LogP contribution in [0, 0.1) is 0 Å². The van der Waals surface area contributed by atoms with Crippen LogP contribution >= 0.6 is 11.6 Å². The first-order valence-corrected chi connectivity index (χ1v) is 5.66. The number of alkyl halides is 3. The SMILES string of the molecule is CN1C(=O)[C@@H](N)COc2c1cc(Cl)cc2C(F)(F)F. The molecule has 1 aromatic rings. The van der Waals surface area contributed by atoms with Gasteiger partial charge in [-0.05, 0) is 12.1 Å². The Morgan fingerprint density at radius 1 is 1.47 bits per heavy atom. The van der Waals surface area contributed by atoms with E-state index in [2.05, 4.69) is 0 Å². The third-order valence-corrected chi connectivity index (χ3v) is 2.97. The number of hydrogen-bond acceptors (Lipinski definition) is 3. The molecule has 0 bridgehead atoms. The van der Waals surface area contributed by atoms with E-state index in [9.17, 15) is 18.0 Å². The van der Waals surface area contributed by atoms with Crippen LogP contribution in [0.4, 0.5) is 18.9 Å². The van der Waals surface area contributed by atoms with Gasteiger partial charge in [-0.25, -0.2) is 0 Å². The Kier molecular flexibility index (Phi) is 3.36. The van der Waals surface area contributed by atoms with Gasteiger partial charge in [-0.2, -0.15) is 13.2 Å². The van der Waals surface area contributed by atoms with E-state index in [-0.39, 0.29) is 17.3 Å². The van der Waals surface area contributed by atoms with Crippen molar-refractivity contribution < 1.29 is 22.7 Å². The molecule has 1 heterocycles. The number of amides is 1. The summed E-state index contributed by atoms with van der Waals surface area (Å²) in [6.07, 6.45) is -4.63. The molecule has 8 heteroatoms. The highest BCUT2D eigenvalue weighted by atomic mass is 35.5. The van der Waals surface area contributed by atoms with E-state index in [1.807, 2.05) is 0 Å². The fraction of sp³-hybridized carbons (Fsp3) is 0.364. The minimum atomic E-state index is -4.63. The normalized spacial score (nSPS) is 19.8. The van der Waals surface area contributed by atoms with Gasteiger partial charge in [-0.3, -0.25) is 4.79 Å². The number of rotatable bonds is 0. The summed E-state index contributed by atoms with van der Waals surface area (Å²) in [7, 11) is 1.33. The lowest BCUT2D eigenvalue weighted by Crippen LogP contribution is -2.43. The number of hydrogen-bond donors (Lipinski definition) is 1. The highest BCUT2D eigenvalue weighted by Gasteiger charge is 2.39. The first-order valence-electron chi connectivity index (χ1n) is 5.28. The Balaban J connectivity index is 2.66. The number of fused-ring (bicyclic) bond motifs is 1. The van der Waals surface area contributed by atoms with E-state index in [0.29, 0.717) is 0 Å². The van der Waals surface area contributed by atoms with Crippen LogP contribution in [-0.4, -0.2) is 25.6 Å². The Hall–Kier alpha value is -1.47. The maximum absolute atomic E-state index is 12.9. The Bertz CT molecular complexity index is 533. The van der Waals surface area contributed by atoms with Gasteiger partial charge in [0.15, 0.2) is 5.75 Å². The first kappa shape index (κ1) is 14.0. The van der Waals surface area contributed by atoms with Crippen LogP contribution in [0.2, 0.25) is 5.02 Å². The van der Waals surface area contributed by atoms with Crippen molar-refractivity contribution in [1.29, 1.82) is 0 Å². The summed E-state index contributed by atoms with van der Waals surface area (Å²) in [5, 5.41) is -0.134. The van der Waals surface area contributed by atoms with E-state index in [1.165, 1.54) is 13.1 Å².